The Labute approximate surface area is 119 Å². The highest BCUT2D eigenvalue weighted by Crippen LogP contribution is 2.25. The van der Waals surface area contributed by atoms with Crippen molar-refractivity contribution in [1.29, 1.82) is 0 Å². The van der Waals surface area contributed by atoms with Crippen LogP contribution in [0.4, 0.5) is 0 Å². The molecule has 0 aliphatic heterocycles. The van der Waals surface area contributed by atoms with Gasteiger partial charge in [0.2, 0.25) is 0 Å². The van der Waals surface area contributed by atoms with Gasteiger partial charge in [-0.3, -0.25) is 4.79 Å². The topological polar surface area (TPSA) is 55.1 Å². The van der Waals surface area contributed by atoms with Gasteiger partial charge in [0.05, 0.1) is 8.45 Å². The maximum atomic E-state index is 11.9. The van der Waals surface area contributed by atoms with Crippen LogP contribution < -0.4 is 11.1 Å². The van der Waals surface area contributed by atoms with E-state index in [0.29, 0.717) is 6.54 Å². The van der Waals surface area contributed by atoms with Crippen LogP contribution in [0.2, 0.25) is 0 Å². The third kappa shape index (κ3) is 3.66. The number of nitrogens with one attached hydrogen (secondary N) is 1. The predicted molar refractivity (Wildman–Crippen MR) is 79.4 cm³/mol. The van der Waals surface area contributed by atoms with Crippen LogP contribution in [0.1, 0.15) is 42.5 Å². The first-order valence-corrected chi connectivity index (χ1v) is 7.86. The molecule has 1 aromatic rings. The molecule has 17 heavy (non-hydrogen) atoms. The van der Waals surface area contributed by atoms with E-state index in [0.717, 1.165) is 21.3 Å². The molecule has 0 saturated heterocycles. The van der Waals surface area contributed by atoms with Gasteiger partial charge in [-0.2, -0.15) is 0 Å². The molecule has 5 heteroatoms. The fourth-order valence-electron chi connectivity index (χ4n) is 2.22. The summed E-state index contributed by atoms with van der Waals surface area (Å²) in [6, 6.07) is 1.91. The van der Waals surface area contributed by atoms with Crippen LogP contribution in [0, 0.1) is 2.88 Å². The Morgan fingerprint density at radius 3 is 2.76 bits per heavy atom. The molecule has 0 bridgehead atoms. The van der Waals surface area contributed by atoms with E-state index >= 15 is 0 Å². The van der Waals surface area contributed by atoms with E-state index < -0.39 is 0 Å². The van der Waals surface area contributed by atoms with Gasteiger partial charge in [0.15, 0.2) is 0 Å². The molecule has 1 amide bonds. The summed E-state index contributed by atoms with van der Waals surface area (Å²) >= 11 is 3.81. The number of carbonyl (C=O) groups excluding carboxylic acids is 1. The van der Waals surface area contributed by atoms with Gasteiger partial charge in [-0.05, 0) is 41.5 Å². The molecule has 0 spiro atoms. The fraction of sp³-hybridized carbons (Fsp3) is 0.583. The summed E-state index contributed by atoms with van der Waals surface area (Å²) in [7, 11) is 0. The van der Waals surface area contributed by atoms with E-state index in [9.17, 15) is 4.79 Å². The lowest BCUT2D eigenvalue weighted by atomic mass is 9.82. The molecule has 94 valence electrons. The van der Waals surface area contributed by atoms with E-state index in [-0.39, 0.29) is 11.4 Å². The zero-order chi connectivity index (χ0) is 12.3. The van der Waals surface area contributed by atoms with Gasteiger partial charge >= 0.3 is 0 Å². The summed E-state index contributed by atoms with van der Waals surface area (Å²) in [6.07, 6.45) is 5.68. The highest BCUT2D eigenvalue weighted by atomic mass is 127. The molecule has 1 saturated carbocycles. The third-order valence-electron chi connectivity index (χ3n) is 3.28. The van der Waals surface area contributed by atoms with E-state index in [1.807, 2.05) is 11.4 Å². The molecule has 1 fully saturated rings. The van der Waals surface area contributed by atoms with Crippen LogP contribution in [-0.2, 0) is 0 Å². The van der Waals surface area contributed by atoms with Gasteiger partial charge in [-0.15, -0.1) is 11.3 Å². The first-order valence-electron chi connectivity index (χ1n) is 5.90. The van der Waals surface area contributed by atoms with Crippen LogP contribution in [0.3, 0.4) is 0 Å². The van der Waals surface area contributed by atoms with Crippen molar-refractivity contribution in [3.63, 3.8) is 0 Å². The van der Waals surface area contributed by atoms with Crippen molar-refractivity contribution in [2.75, 3.05) is 6.54 Å². The second-order valence-electron chi connectivity index (χ2n) is 4.75. The van der Waals surface area contributed by atoms with Crippen molar-refractivity contribution in [3.8, 4) is 0 Å². The first kappa shape index (κ1) is 13.3. The van der Waals surface area contributed by atoms with Crippen LogP contribution in [-0.4, -0.2) is 18.0 Å². The molecule has 1 aliphatic carbocycles. The van der Waals surface area contributed by atoms with Gasteiger partial charge in [0.25, 0.3) is 5.91 Å². The molecule has 2 rings (SSSR count). The second-order valence-corrected chi connectivity index (χ2v) is 7.55. The Balaban J connectivity index is 1.87. The van der Waals surface area contributed by atoms with Crippen molar-refractivity contribution in [1.82, 2.24) is 5.32 Å². The smallest absolute Gasteiger partial charge is 0.252 e. The number of rotatable bonds is 3. The number of hydrogen-bond acceptors (Lipinski definition) is 3. The van der Waals surface area contributed by atoms with Crippen molar-refractivity contribution < 1.29 is 4.79 Å². The maximum Gasteiger partial charge on any atom is 0.252 e. The quantitative estimate of drug-likeness (QED) is 0.811. The fourth-order valence-corrected chi connectivity index (χ4v) is 3.55. The van der Waals surface area contributed by atoms with Gasteiger partial charge in [0, 0.05) is 17.5 Å². The van der Waals surface area contributed by atoms with E-state index in [4.69, 9.17) is 5.73 Å². The zero-order valence-corrected chi connectivity index (χ0v) is 12.6. The molecule has 0 atom stereocenters. The normalized spacial score (nSPS) is 18.9. The van der Waals surface area contributed by atoms with Crippen LogP contribution in [0.15, 0.2) is 11.4 Å². The number of hydrogen-bond donors (Lipinski definition) is 2. The summed E-state index contributed by atoms with van der Waals surface area (Å²) in [5.74, 6) is -0.000403. The summed E-state index contributed by atoms with van der Waals surface area (Å²) in [4.78, 5) is 11.9. The van der Waals surface area contributed by atoms with Crippen molar-refractivity contribution in [2.24, 2.45) is 5.73 Å². The lowest BCUT2D eigenvalue weighted by Crippen LogP contribution is -2.51. The molecular weight excluding hydrogens is 347 g/mol. The van der Waals surface area contributed by atoms with Crippen LogP contribution in [0.5, 0.6) is 0 Å². The lowest BCUT2D eigenvalue weighted by molar-refractivity contribution is 0.0938. The monoisotopic (exact) mass is 364 g/mol. The minimum atomic E-state index is -0.183. The first-order chi connectivity index (χ1) is 8.09. The highest BCUT2D eigenvalue weighted by molar-refractivity contribution is 14.1. The summed E-state index contributed by atoms with van der Waals surface area (Å²) in [5.41, 5.74) is 6.84. The second kappa shape index (κ2) is 5.67. The highest BCUT2D eigenvalue weighted by Gasteiger charge is 2.27. The van der Waals surface area contributed by atoms with Crippen molar-refractivity contribution in [3.05, 3.63) is 19.9 Å². The molecule has 3 N–H and O–H groups in total. The molecule has 1 heterocycles. The average Bonchev–Trinajstić information content (AvgIpc) is 2.74. The maximum absolute atomic E-state index is 11.9. The summed E-state index contributed by atoms with van der Waals surface area (Å²) in [6.45, 7) is 0.595. The average molecular weight is 364 g/mol. The van der Waals surface area contributed by atoms with E-state index in [1.165, 1.54) is 19.3 Å². The Morgan fingerprint density at radius 2 is 2.18 bits per heavy atom. The minimum absolute atomic E-state index is 0.000403. The Kier molecular flexibility index (Phi) is 4.43. The van der Waals surface area contributed by atoms with Gasteiger partial charge in [-0.1, -0.05) is 19.3 Å². The number of nitrogens with two attached hydrogens (primary N) is 1. The van der Waals surface area contributed by atoms with Gasteiger partial charge in [-0.25, -0.2) is 0 Å². The molecule has 1 aromatic heterocycles. The van der Waals surface area contributed by atoms with Crippen LogP contribution in [0.25, 0.3) is 0 Å². The van der Waals surface area contributed by atoms with Gasteiger partial charge in [0.1, 0.15) is 0 Å². The number of halogens is 1. The summed E-state index contributed by atoms with van der Waals surface area (Å²) < 4.78 is 1.13. The minimum Gasteiger partial charge on any atom is -0.350 e. The Hall–Kier alpha value is -0.140. The van der Waals surface area contributed by atoms with Crippen LogP contribution >= 0.6 is 33.9 Å². The third-order valence-corrected chi connectivity index (χ3v) is 5.07. The SMILES string of the molecule is NC1(CNC(=O)c2csc(I)c2)CCCCC1. The number of thiophene rings is 1. The number of carbonyl (C=O) groups is 1. The van der Waals surface area contributed by atoms with Crippen molar-refractivity contribution >= 4 is 39.8 Å². The zero-order valence-electron chi connectivity index (χ0n) is 9.67. The van der Waals surface area contributed by atoms with Crippen molar-refractivity contribution in [2.45, 2.75) is 37.6 Å². The van der Waals surface area contributed by atoms with E-state index in [1.54, 1.807) is 11.3 Å². The molecule has 0 aromatic carbocycles. The Morgan fingerprint density at radius 1 is 1.47 bits per heavy atom. The lowest BCUT2D eigenvalue weighted by Gasteiger charge is -2.33. The Bertz CT molecular complexity index is 399. The summed E-state index contributed by atoms with van der Waals surface area (Å²) in [5, 5.41) is 4.85. The number of amides is 1. The molecule has 3 nitrogen and oxygen atoms in total. The molecule has 0 radical (unpaired) electrons. The molecular formula is C12H17IN2OS. The predicted octanol–water partition coefficient (Wildman–Crippen LogP) is 2.74. The standard InChI is InChI=1S/C12H17IN2OS/c13-10-6-9(7-17-10)11(16)15-8-12(14)4-2-1-3-5-12/h6-7H,1-5,8,14H2,(H,15,16). The largest absolute Gasteiger partial charge is 0.350 e. The molecule has 0 unspecified atom stereocenters. The van der Waals surface area contributed by atoms with E-state index in [2.05, 4.69) is 27.9 Å². The molecule has 1 aliphatic rings. The van der Waals surface area contributed by atoms with Gasteiger partial charge < -0.3 is 11.1 Å².